The Hall–Kier alpha value is -2.00. The van der Waals surface area contributed by atoms with Crippen molar-refractivity contribution in [1.82, 2.24) is 0 Å². The molecule has 0 aromatic heterocycles. The molecule has 3 nitrogen and oxygen atoms in total. The van der Waals surface area contributed by atoms with Gasteiger partial charge in [-0.1, -0.05) is 18.2 Å². The quantitative estimate of drug-likeness (QED) is 0.694. The lowest BCUT2D eigenvalue weighted by Gasteiger charge is -2.29. The molecule has 18 heavy (non-hydrogen) atoms. The fourth-order valence-corrected chi connectivity index (χ4v) is 2.71. The second kappa shape index (κ2) is 3.50. The molecule has 2 aliphatic heterocycles. The van der Waals surface area contributed by atoms with Crippen LogP contribution in [-0.2, 0) is 9.47 Å². The Bertz CT molecular complexity index is 613. The van der Waals surface area contributed by atoms with E-state index < -0.39 is 0 Å². The van der Waals surface area contributed by atoms with Gasteiger partial charge in [0.15, 0.2) is 6.79 Å². The van der Waals surface area contributed by atoms with E-state index in [0.717, 1.165) is 5.76 Å². The Balaban J connectivity index is 1.91. The molecule has 1 saturated heterocycles. The molecule has 1 unspecified atom stereocenters. The van der Waals surface area contributed by atoms with E-state index in [9.17, 15) is 0 Å². The highest BCUT2D eigenvalue weighted by Crippen LogP contribution is 2.41. The van der Waals surface area contributed by atoms with Crippen molar-refractivity contribution in [3.8, 4) is 0 Å². The number of hydrogen-bond acceptors (Lipinski definition) is 3. The summed E-state index contributed by atoms with van der Waals surface area (Å²) in [6, 6.07) is 8.42. The monoisotopic (exact) mass is 239 g/mol. The van der Waals surface area contributed by atoms with Gasteiger partial charge in [-0.25, -0.2) is 0 Å². The number of fused-ring (bicyclic) bond motifs is 4. The molecule has 2 heterocycles. The Morgan fingerprint density at radius 3 is 3.11 bits per heavy atom. The predicted octanol–water partition coefficient (Wildman–Crippen LogP) is 2.67. The van der Waals surface area contributed by atoms with Gasteiger partial charge in [-0.15, -0.1) is 0 Å². The smallest absolute Gasteiger partial charge is 0.189 e. The molecule has 1 aromatic carbocycles. The minimum Gasteiger partial charge on any atom is -0.469 e. The average molecular weight is 239 g/mol. The van der Waals surface area contributed by atoms with Crippen LogP contribution in [0.2, 0.25) is 0 Å². The number of hydrogen-bond donors (Lipinski definition) is 0. The van der Waals surface area contributed by atoms with Crippen LogP contribution in [0.3, 0.4) is 0 Å². The van der Waals surface area contributed by atoms with Gasteiger partial charge in [0, 0.05) is 30.1 Å². The number of ether oxygens (including phenoxy) is 2. The molecule has 1 atom stereocenters. The largest absolute Gasteiger partial charge is 0.469 e. The fourth-order valence-electron chi connectivity index (χ4n) is 2.71. The Morgan fingerprint density at radius 1 is 1.28 bits per heavy atom. The van der Waals surface area contributed by atoms with Crippen molar-refractivity contribution in [2.75, 3.05) is 18.7 Å². The normalized spacial score (nSPS) is 24.2. The molecule has 0 saturated carbocycles. The van der Waals surface area contributed by atoms with Crippen LogP contribution < -0.4 is 4.90 Å². The summed E-state index contributed by atoms with van der Waals surface area (Å²) < 4.78 is 11.0. The summed E-state index contributed by atoms with van der Waals surface area (Å²) in [4.78, 5) is 2.15. The lowest BCUT2D eigenvalue weighted by molar-refractivity contribution is 0.0631. The Morgan fingerprint density at radius 2 is 2.17 bits per heavy atom. The molecule has 0 amide bonds. The molecule has 0 N–H and O–H groups in total. The number of anilines is 1. The third-order valence-electron chi connectivity index (χ3n) is 3.59. The van der Waals surface area contributed by atoms with Crippen LogP contribution in [0.25, 0.3) is 5.57 Å². The molecule has 0 bridgehead atoms. The second-order valence-electron chi connectivity index (χ2n) is 4.69. The SMILES string of the molecule is CN1C=C2C=C3OCOC3C=C2c2ccccc21. The van der Waals surface area contributed by atoms with Gasteiger partial charge < -0.3 is 14.4 Å². The summed E-state index contributed by atoms with van der Waals surface area (Å²) in [6.07, 6.45) is 6.35. The zero-order valence-corrected chi connectivity index (χ0v) is 10.1. The number of nitrogens with zero attached hydrogens (tertiary/aromatic N) is 1. The molecule has 0 radical (unpaired) electrons. The molecule has 3 aliphatic rings. The summed E-state index contributed by atoms with van der Waals surface area (Å²) in [7, 11) is 2.07. The molecule has 0 spiro atoms. The third-order valence-corrected chi connectivity index (χ3v) is 3.59. The second-order valence-corrected chi connectivity index (χ2v) is 4.69. The lowest BCUT2D eigenvalue weighted by atomic mass is 9.88. The van der Waals surface area contributed by atoms with Gasteiger partial charge in [0.1, 0.15) is 11.9 Å². The maximum Gasteiger partial charge on any atom is 0.189 e. The van der Waals surface area contributed by atoms with Crippen molar-refractivity contribution in [2.24, 2.45) is 0 Å². The molecular weight excluding hydrogens is 226 g/mol. The zero-order valence-electron chi connectivity index (χ0n) is 10.1. The van der Waals surface area contributed by atoms with Crippen molar-refractivity contribution in [1.29, 1.82) is 0 Å². The average Bonchev–Trinajstić information content (AvgIpc) is 2.84. The van der Waals surface area contributed by atoms with E-state index in [0.29, 0.717) is 6.79 Å². The first-order chi connectivity index (χ1) is 8.83. The van der Waals surface area contributed by atoms with Crippen LogP contribution in [0.5, 0.6) is 0 Å². The maximum absolute atomic E-state index is 5.54. The Labute approximate surface area is 106 Å². The van der Waals surface area contributed by atoms with E-state index >= 15 is 0 Å². The maximum atomic E-state index is 5.54. The molecule has 1 fully saturated rings. The van der Waals surface area contributed by atoms with E-state index in [1.54, 1.807) is 0 Å². The molecule has 3 heteroatoms. The standard InChI is InChI=1S/C15H13NO2/c1-16-8-10-6-14-15(18-9-17-14)7-12(10)11-4-2-3-5-13(11)16/h2-8,15H,9H2,1H3. The summed E-state index contributed by atoms with van der Waals surface area (Å²) in [5.41, 5.74) is 4.91. The summed E-state index contributed by atoms with van der Waals surface area (Å²) in [5, 5.41) is 0. The molecule has 90 valence electrons. The van der Waals surface area contributed by atoms with Crippen LogP contribution in [0.15, 0.2) is 53.9 Å². The van der Waals surface area contributed by atoms with E-state index in [1.165, 1.54) is 22.4 Å². The van der Waals surface area contributed by atoms with E-state index in [-0.39, 0.29) is 6.10 Å². The first-order valence-corrected chi connectivity index (χ1v) is 6.05. The van der Waals surface area contributed by atoms with Crippen LogP contribution >= 0.6 is 0 Å². The van der Waals surface area contributed by atoms with Gasteiger partial charge in [0.2, 0.25) is 0 Å². The number of para-hydroxylation sites is 1. The molecule has 4 rings (SSSR count). The van der Waals surface area contributed by atoms with E-state index in [1.807, 2.05) is 0 Å². The van der Waals surface area contributed by atoms with Crippen LogP contribution in [0, 0.1) is 0 Å². The van der Waals surface area contributed by atoms with Gasteiger partial charge in [0.25, 0.3) is 0 Å². The summed E-state index contributed by atoms with van der Waals surface area (Å²) in [5.74, 6) is 0.915. The Kier molecular flexibility index (Phi) is 1.94. The highest BCUT2D eigenvalue weighted by atomic mass is 16.7. The van der Waals surface area contributed by atoms with Gasteiger partial charge in [0.05, 0.1) is 0 Å². The fraction of sp³-hybridized carbons (Fsp3) is 0.200. The third kappa shape index (κ3) is 1.28. The number of benzene rings is 1. The molecule has 1 aromatic rings. The molecular formula is C15H13NO2. The highest BCUT2D eigenvalue weighted by Gasteiger charge is 2.30. The molecule has 1 aliphatic carbocycles. The van der Waals surface area contributed by atoms with Crippen molar-refractivity contribution < 1.29 is 9.47 Å². The predicted molar refractivity (Wildman–Crippen MR) is 69.8 cm³/mol. The van der Waals surface area contributed by atoms with Crippen molar-refractivity contribution in [2.45, 2.75) is 6.10 Å². The van der Waals surface area contributed by atoms with Crippen molar-refractivity contribution >= 4 is 11.3 Å². The van der Waals surface area contributed by atoms with E-state index in [4.69, 9.17) is 9.47 Å². The lowest BCUT2D eigenvalue weighted by Crippen LogP contribution is -2.19. The van der Waals surface area contributed by atoms with Crippen LogP contribution in [0.1, 0.15) is 5.56 Å². The first-order valence-electron chi connectivity index (χ1n) is 6.05. The van der Waals surface area contributed by atoms with Crippen LogP contribution in [0.4, 0.5) is 5.69 Å². The van der Waals surface area contributed by atoms with Crippen molar-refractivity contribution in [3.63, 3.8) is 0 Å². The zero-order chi connectivity index (χ0) is 12.1. The van der Waals surface area contributed by atoms with Gasteiger partial charge in [-0.05, 0) is 23.8 Å². The topological polar surface area (TPSA) is 21.7 Å². The van der Waals surface area contributed by atoms with Crippen molar-refractivity contribution in [3.05, 3.63) is 59.5 Å². The van der Waals surface area contributed by atoms with Crippen LogP contribution in [-0.4, -0.2) is 19.9 Å². The highest BCUT2D eigenvalue weighted by molar-refractivity contribution is 5.93. The van der Waals surface area contributed by atoms with Gasteiger partial charge >= 0.3 is 0 Å². The first kappa shape index (κ1) is 9.97. The van der Waals surface area contributed by atoms with Gasteiger partial charge in [-0.2, -0.15) is 0 Å². The minimum absolute atomic E-state index is 0.0198. The van der Waals surface area contributed by atoms with Gasteiger partial charge in [-0.3, -0.25) is 0 Å². The summed E-state index contributed by atoms with van der Waals surface area (Å²) >= 11 is 0. The minimum atomic E-state index is -0.0198. The number of allylic oxidation sites excluding steroid dienone is 3. The van der Waals surface area contributed by atoms with E-state index in [2.05, 4.69) is 54.6 Å². The number of rotatable bonds is 0. The summed E-state index contributed by atoms with van der Waals surface area (Å²) in [6.45, 7) is 0.352.